The summed E-state index contributed by atoms with van der Waals surface area (Å²) in [6.45, 7) is 1.82. The molecule has 0 aliphatic carbocycles. The normalized spacial score (nSPS) is 10.8. The molecule has 0 saturated carbocycles. The Balaban J connectivity index is 1.38. The summed E-state index contributed by atoms with van der Waals surface area (Å²) in [5, 5.41) is 10.5. The number of carbonyl (C=O) groups is 1. The van der Waals surface area contributed by atoms with Gasteiger partial charge in [0.15, 0.2) is 5.13 Å². The van der Waals surface area contributed by atoms with Gasteiger partial charge in [0.05, 0.1) is 12.8 Å². The first-order valence-electron chi connectivity index (χ1n) is 9.08. The van der Waals surface area contributed by atoms with E-state index in [1.807, 2.05) is 60.3 Å². The molecule has 29 heavy (non-hydrogen) atoms. The molecule has 0 saturated heterocycles. The smallest absolute Gasteiger partial charge is 0.270 e. The second-order valence-corrected chi connectivity index (χ2v) is 7.39. The summed E-state index contributed by atoms with van der Waals surface area (Å²) in [6, 6.07) is 11.7. The van der Waals surface area contributed by atoms with Crippen LogP contribution in [-0.4, -0.2) is 37.7 Å². The molecule has 0 fully saturated rings. The van der Waals surface area contributed by atoms with E-state index in [1.165, 1.54) is 16.9 Å². The largest absolute Gasteiger partial charge is 0.497 e. The lowest BCUT2D eigenvalue weighted by molar-refractivity contribution is 0.102. The molecular weight excluding hydrogens is 388 g/mol. The molecule has 8 nitrogen and oxygen atoms in total. The van der Waals surface area contributed by atoms with Crippen molar-refractivity contribution in [3.8, 4) is 10.9 Å². The molecule has 0 bridgehead atoms. The van der Waals surface area contributed by atoms with Crippen LogP contribution in [0.2, 0.25) is 0 Å². The fourth-order valence-corrected chi connectivity index (χ4v) is 3.77. The van der Waals surface area contributed by atoms with E-state index in [1.54, 1.807) is 7.11 Å². The second-order valence-electron chi connectivity index (χ2n) is 6.41. The molecule has 0 aliphatic rings. The van der Waals surface area contributed by atoms with Crippen LogP contribution in [0.5, 0.6) is 5.75 Å². The minimum atomic E-state index is -0.265. The number of aromatic nitrogens is 5. The SMILES string of the molecule is COc1ccc(CCc2nc(NC(=O)c3sc(-n4cccc4)nc3C)n[nH]2)cc1. The molecule has 4 rings (SSSR count). The van der Waals surface area contributed by atoms with E-state index in [2.05, 4.69) is 25.5 Å². The van der Waals surface area contributed by atoms with Crippen LogP contribution in [-0.2, 0) is 12.8 Å². The number of carbonyl (C=O) groups excluding carboxylic acids is 1. The van der Waals surface area contributed by atoms with Crippen molar-refractivity contribution in [1.82, 2.24) is 24.7 Å². The number of benzene rings is 1. The van der Waals surface area contributed by atoms with Gasteiger partial charge in [0.25, 0.3) is 5.91 Å². The number of methoxy groups -OCH3 is 1. The average molecular weight is 408 g/mol. The highest BCUT2D eigenvalue weighted by molar-refractivity contribution is 7.16. The van der Waals surface area contributed by atoms with Crippen LogP contribution in [0.4, 0.5) is 5.95 Å². The molecule has 0 spiro atoms. The molecule has 2 N–H and O–H groups in total. The molecule has 3 heterocycles. The number of ether oxygens (including phenoxy) is 1. The Morgan fingerprint density at radius 1 is 1.17 bits per heavy atom. The molecule has 9 heteroatoms. The summed E-state index contributed by atoms with van der Waals surface area (Å²) in [6.07, 6.45) is 5.28. The third-order valence-electron chi connectivity index (χ3n) is 4.38. The third-order valence-corrected chi connectivity index (χ3v) is 5.55. The second kappa shape index (κ2) is 8.27. The van der Waals surface area contributed by atoms with Crippen molar-refractivity contribution in [1.29, 1.82) is 0 Å². The van der Waals surface area contributed by atoms with E-state index < -0.39 is 0 Å². The molecule has 0 radical (unpaired) electrons. The van der Waals surface area contributed by atoms with Gasteiger partial charge in [0.2, 0.25) is 5.95 Å². The first kappa shape index (κ1) is 18.9. The third kappa shape index (κ3) is 4.35. The van der Waals surface area contributed by atoms with Crippen molar-refractivity contribution in [3.05, 3.63) is 70.8 Å². The van der Waals surface area contributed by atoms with Gasteiger partial charge >= 0.3 is 0 Å². The van der Waals surface area contributed by atoms with Gasteiger partial charge < -0.3 is 9.30 Å². The molecule has 0 aliphatic heterocycles. The van der Waals surface area contributed by atoms with E-state index in [9.17, 15) is 4.79 Å². The maximum atomic E-state index is 12.6. The number of H-pyrrole nitrogens is 1. The Morgan fingerprint density at radius 3 is 2.66 bits per heavy atom. The Morgan fingerprint density at radius 2 is 1.93 bits per heavy atom. The summed E-state index contributed by atoms with van der Waals surface area (Å²) in [7, 11) is 1.65. The number of anilines is 1. The quantitative estimate of drug-likeness (QED) is 0.488. The van der Waals surface area contributed by atoms with Gasteiger partial charge in [0, 0.05) is 18.8 Å². The maximum absolute atomic E-state index is 12.6. The molecule has 0 unspecified atom stereocenters. The van der Waals surface area contributed by atoms with Crippen molar-refractivity contribution in [2.75, 3.05) is 12.4 Å². The number of aryl methyl sites for hydroxylation is 3. The zero-order valence-electron chi connectivity index (χ0n) is 16.0. The first-order valence-corrected chi connectivity index (χ1v) is 9.90. The zero-order chi connectivity index (χ0) is 20.2. The predicted octanol–water partition coefficient (Wildman–Crippen LogP) is 3.41. The minimum Gasteiger partial charge on any atom is -0.497 e. The van der Waals surface area contributed by atoms with Gasteiger partial charge in [-0.05, 0) is 43.2 Å². The molecule has 148 valence electrons. The number of rotatable bonds is 7. The lowest BCUT2D eigenvalue weighted by atomic mass is 10.1. The topological polar surface area (TPSA) is 97.7 Å². The lowest BCUT2D eigenvalue weighted by Crippen LogP contribution is -2.12. The van der Waals surface area contributed by atoms with Gasteiger partial charge in [-0.2, -0.15) is 4.98 Å². The van der Waals surface area contributed by atoms with Gasteiger partial charge in [-0.3, -0.25) is 15.2 Å². The number of thiazole rings is 1. The highest BCUT2D eigenvalue weighted by atomic mass is 32.1. The summed E-state index contributed by atoms with van der Waals surface area (Å²) in [4.78, 5) is 22.0. The zero-order valence-corrected chi connectivity index (χ0v) is 16.9. The van der Waals surface area contributed by atoms with Crippen molar-refractivity contribution in [2.45, 2.75) is 19.8 Å². The average Bonchev–Trinajstić information content (AvgIpc) is 3.47. The van der Waals surface area contributed by atoms with E-state index in [4.69, 9.17) is 4.74 Å². The van der Waals surface area contributed by atoms with Crippen LogP contribution >= 0.6 is 11.3 Å². The Hall–Kier alpha value is -3.46. The van der Waals surface area contributed by atoms with Crippen LogP contribution in [0.15, 0.2) is 48.8 Å². The Bertz CT molecular complexity index is 1100. The van der Waals surface area contributed by atoms with Gasteiger partial charge in [0.1, 0.15) is 16.5 Å². The number of nitrogens with zero attached hydrogens (tertiary/aromatic N) is 4. The van der Waals surface area contributed by atoms with E-state index in [-0.39, 0.29) is 11.9 Å². The van der Waals surface area contributed by atoms with Crippen LogP contribution < -0.4 is 10.1 Å². The molecule has 4 aromatic rings. The molecule has 1 amide bonds. The molecular formula is C20H20N6O2S. The molecule has 1 aromatic carbocycles. The van der Waals surface area contributed by atoms with E-state index >= 15 is 0 Å². The number of amides is 1. The van der Waals surface area contributed by atoms with Crippen molar-refractivity contribution < 1.29 is 9.53 Å². The van der Waals surface area contributed by atoms with Crippen molar-refractivity contribution >= 4 is 23.2 Å². The number of nitrogens with one attached hydrogen (secondary N) is 2. The number of aromatic amines is 1. The molecule has 0 atom stereocenters. The van der Waals surface area contributed by atoms with Gasteiger partial charge in [-0.25, -0.2) is 4.98 Å². The van der Waals surface area contributed by atoms with Crippen LogP contribution in [0.3, 0.4) is 0 Å². The standard InChI is InChI=1S/C20H20N6O2S/c1-13-17(29-20(21-13)26-11-3-4-12-26)18(27)23-19-22-16(24-25-19)10-7-14-5-8-15(28-2)9-6-14/h3-6,8-9,11-12H,7,10H2,1-2H3,(H2,22,23,24,25,27). The number of hydrogen-bond donors (Lipinski definition) is 2. The Kier molecular flexibility index (Phi) is 5.39. The summed E-state index contributed by atoms with van der Waals surface area (Å²) in [5.74, 6) is 1.54. The van der Waals surface area contributed by atoms with E-state index in [0.717, 1.165) is 17.3 Å². The fraction of sp³-hybridized carbons (Fsp3) is 0.200. The summed E-state index contributed by atoms with van der Waals surface area (Å²) >= 11 is 1.33. The minimum absolute atomic E-state index is 0.259. The molecule has 3 aromatic heterocycles. The monoisotopic (exact) mass is 408 g/mol. The van der Waals surface area contributed by atoms with Crippen molar-refractivity contribution in [2.24, 2.45) is 0 Å². The highest BCUT2D eigenvalue weighted by Gasteiger charge is 2.17. The van der Waals surface area contributed by atoms with Gasteiger partial charge in [-0.1, -0.05) is 23.5 Å². The van der Waals surface area contributed by atoms with Crippen LogP contribution in [0.25, 0.3) is 5.13 Å². The summed E-state index contributed by atoms with van der Waals surface area (Å²) in [5.41, 5.74) is 1.84. The predicted molar refractivity (Wildman–Crippen MR) is 111 cm³/mol. The fourth-order valence-electron chi connectivity index (χ4n) is 2.84. The van der Waals surface area contributed by atoms with Gasteiger partial charge in [-0.15, -0.1) is 5.10 Å². The summed E-state index contributed by atoms with van der Waals surface area (Å²) < 4.78 is 7.04. The highest BCUT2D eigenvalue weighted by Crippen LogP contribution is 2.22. The van der Waals surface area contributed by atoms with Crippen molar-refractivity contribution in [3.63, 3.8) is 0 Å². The van der Waals surface area contributed by atoms with Crippen LogP contribution in [0, 0.1) is 6.92 Å². The first-order chi connectivity index (χ1) is 14.1. The lowest BCUT2D eigenvalue weighted by Gasteiger charge is -2.02. The van der Waals surface area contributed by atoms with E-state index in [0.29, 0.717) is 22.8 Å². The Labute approximate surface area is 171 Å². The van der Waals surface area contributed by atoms with Crippen LogP contribution in [0.1, 0.15) is 26.8 Å². The number of hydrogen-bond acceptors (Lipinski definition) is 6. The maximum Gasteiger partial charge on any atom is 0.270 e.